The standard InChI is InChI=1S/C15H18FNO/c16-13-8-2-1-7-12(13)14-9-3-5-11-6-4-10-15(18)17(11)14/h1-2,7-8,11,14H,3-6,9-10H2. The van der Waals surface area contributed by atoms with Crippen LogP contribution in [0.25, 0.3) is 0 Å². The van der Waals surface area contributed by atoms with E-state index in [-0.39, 0.29) is 17.8 Å². The van der Waals surface area contributed by atoms with Gasteiger partial charge in [-0.25, -0.2) is 4.39 Å². The maximum absolute atomic E-state index is 13.9. The van der Waals surface area contributed by atoms with Crippen LogP contribution in [-0.4, -0.2) is 16.8 Å². The summed E-state index contributed by atoms with van der Waals surface area (Å²) >= 11 is 0. The molecule has 0 N–H and O–H groups in total. The van der Waals surface area contributed by atoms with Crippen molar-refractivity contribution in [1.29, 1.82) is 0 Å². The largest absolute Gasteiger partial charge is 0.333 e. The third-order valence-corrected chi connectivity index (χ3v) is 4.22. The van der Waals surface area contributed by atoms with Crippen molar-refractivity contribution in [3.63, 3.8) is 0 Å². The SMILES string of the molecule is O=C1CCCC2CCCC(c3ccccc3F)N12. The molecule has 3 rings (SSSR count). The molecule has 18 heavy (non-hydrogen) atoms. The van der Waals surface area contributed by atoms with Crippen LogP contribution in [0.5, 0.6) is 0 Å². The van der Waals surface area contributed by atoms with Crippen LogP contribution in [0.1, 0.15) is 50.1 Å². The lowest BCUT2D eigenvalue weighted by Crippen LogP contribution is -2.48. The number of carbonyl (C=O) groups excluding carboxylic acids is 1. The molecular weight excluding hydrogens is 229 g/mol. The lowest BCUT2D eigenvalue weighted by molar-refractivity contribution is -0.142. The number of carbonyl (C=O) groups is 1. The molecule has 2 heterocycles. The number of amides is 1. The summed E-state index contributed by atoms with van der Waals surface area (Å²) in [6.45, 7) is 0. The summed E-state index contributed by atoms with van der Waals surface area (Å²) in [5.41, 5.74) is 0.692. The molecule has 1 aromatic rings. The van der Waals surface area contributed by atoms with Gasteiger partial charge in [0.15, 0.2) is 0 Å². The third kappa shape index (κ3) is 1.92. The van der Waals surface area contributed by atoms with Gasteiger partial charge in [0, 0.05) is 18.0 Å². The van der Waals surface area contributed by atoms with Crippen molar-refractivity contribution < 1.29 is 9.18 Å². The number of rotatable bonds is 1. The smallest absolute Gasteiger partial charge is 0.223 e. The summed E-state index contributed by atoms with van der Waals surface area (Å²) in [6.07, 6.45) is 5.76. The minimum atomic E-state index is -0.179. The quantitative estimate of drug-likeness (QED) is 0.744. The normalized spacial score (nSPS) is 28.1. The fourth-order valence-corrected chi connectivity index (χ4v) is 3.41. The zero-order chi connectivity index (χ0) is 12.5. The molecule has 2 aliphatic rings. The van der Waals surface area contributed by atoms with Gasteiger partial charge < -0.3 is 4.90 Å². The molecule has 0 aliphatic carbocycles. The highest BCUT2D eigenvalue weighted by Crippen LogP contribution is 2.39. The summed E-state index contributed by atoms with van der Waals surface area (Å²) in [4.78, 5) is 14.1. The molecule has 2 unspecified atom stereocenters. The van der Waals surface area contributed by atoms with Crippen molar-refractivity contribution in [2.45, 2.75) is 50.6 Å². The van der Waals surface area contributed by atoms with Gasteiger partial charge in [-0.1, -0.05) is 18.2 Å². The van der Waals surface area contributed by atoms with E-state index in [1.54, 1.807) is 6.07 Å². The minimum Gasteiger partial charge on any atom is -0.333 e. The number of piperidine rings is 2. The molecular formula is C15H18FNO. The Morgan fingerprint density at radius 3 is 2.72 bits per heavy atom. The second-order valence-corrected chi connectivity index (χ2v) is 5.32. The first kappa shape index (κ1) is 11.7. The minimum absolute atomic E-state index is 0.0438. The van der Waals surface area contributed by atoms with Gasteiger partial charge in [-0.2, -0.15) is 0 Å². The van der Waals surface area contributed by atoms with E-state index in [4.69, 9.17) is 0 Å². The molecule has 2 saturated heterocycles. The Morgan fingerprint density at radius 2 is 1.89 bits per heavy atom. The molecule has 0 radical (unpaired) electrons. The highest BCUT2D eigenvalue weighted by Gasteiger charge is 2.37. The molecule has 0 saturated carbocycles. The van der Waals surface area contributed by atoms with Gasteiger partial charge in [-0.15, -0.1) is 0 Å². The molecule has 3 heteroatoms. The monoisotopic (exact) mass is 247 g/mol. The predicted octanol–water partition coefficient (Wildman–Crippen LogP) is 3.43. The fourth-order valence-electron chi connectivity index (χ4n) is 3.41. The van der Waals surface area contributed by atoms with Crippen LogP contribution in [0.2, 0.25) is 0 Å². The lowest BCUT2D eigenvalue weighted by Gasteiger charge is -2.45. The Kier molecular flexibility index (Phi) is 3.06. The molecule has 1 aromatic carbocycles. The molecule has 2 atom stereocenters. The number of benzene rings is 1. The maximum atomic E-state index is 13.9. The molecule has 0 bridgehead atoms. The van der Waals surface area contributed by atoms with Gasteiger partial charge in [-0.3, -0.25) is 4.79 Å². The first-order valence-electron chi connectivity index (χ1n) is 6.83. The van der Waals surface area contributed by atoms with Crippen molar-refractivity contribution in [2.24, 2.45) is 0 Å². The van der Waals surface area contributed by atoms with E-state index in [0.29, 0.717) is 18.0 Å². The van der Waals surface area contributed by atoms with Crippen molar-refractivity contribution in [3.05, 3.63) is 35.6 Å². The lowest BCUT2D eigenvalue weighted by atomic mass is 9.85. The highest BCUT2D eigenvalue weighted by molar-refractivity contribution is 5.78. The van der Waals surface area contributed by atoms with E-state index in [1.165, 1.54) is 6.07 Å². The first-order valence-corrected chi connectivity index (χ1v) is 6.83. The number of hydrogen-bond acceptors (Lipinski definition) is 1. The van der Waals surface area contributed by atoms with Gasteiger partial charge in [0.25, 0.3) is 0 Å². The topological polar surface area (TPSA) is 20.3 Å². The average molecular weight is 247 g/mol. The van der Waals surface area contributed by atoms with E-state index in [0.717, 1.165) is 32.1 Å². The highest BCUT2D eigenvalue weighted by atomic mass is 19.1. The van der Waals surface area contributed by atoms with Gasteiger partial charge in [-0.05, 0) is 38.2 Å². The summed E-state index contributed by atoms with van der Waals surface area (Å²) in [6, 6.07) is 7.17. The van der Waals surface area contributed by atoms with E-state index in [1.807, 2.05) is 17.0 Å². The Morgan fingerprint density at radius 1 is 1.11 bits per heavy atom. The zero-order valence-corrected chi connectivity index (χ0v) is 10.4. The van der Waals surface area contributed by atoms with E-state index in [2.05, 4.69) is 0 Å². The molecule has 2 fully saturated rings. The van der Waals surface area contributed by atoms with Crippen LogP contribution < -0.4 is 0 Å². The number of hydrogen-bond donors (Lipinski definition) is 0. The van der Waals surface area contributed by atoms with Crippen molar-refractivity contribution in [2.75, 3.05) is 0 Å². The van der Waals surface area contributed by atoms with Crippen LogP contribution >= 0.6 is 0 Å². The van der Waals surface area contributed by atoms with Crippen LogP contribution in [0.4, 0.5) is 4.39 Å². The van der Waals surface area contributed by atoms with E-state index < -0.39 is 0 Å². The third-order valence-electron chi connectivity index (χ3n) is 4.22. The molecule has 1 amide bonds. The number of fused-ring (bicyclic) bond motifs is 1. The van der Waals surface area contributed by atoms with Crippen LogP contribution in [0.3, 0.4) is 0 Å². The Bertz CT molecular complexity index is 458. The van der Waals surface area contributed by atoms with Crippen LogP contribution in [0.15, 0.2) is 24.3 Å². The van der Waals surface area contributed by atoms with E-state index >= 15 is 0 Å². The van der Waals surface area contributed by atoms with Crippen LogP contribution in [-0.2, 0) is 4.79 Å². The first-order chi connectivity index (χ1) is 8.77. The van der Waals surface area contributed by atoms with Crippen molar-refractivity contribution in [3.8, 4) is 0 Å². The second kappa shape index (κ2) is 4.71. The van der Waals surface area contributed by atoms with Gasteiger partial charge in [0.1, 0.15) is 5.82 Å². The summed E-state index contributed by atoms with van der Waals surface area (Å²) < 4.78 is 13.9. The summed E-state index contributed by atoms with van der Waals surface area (Å²) in [5, 5.41) is 0. The fraction of sp³-hybridized carbons (Fsp3) is 0.533. The molecule has 2 aliphatic heterocycles. The Balaban J connectivity index is 1.95. The maximum Gasteiger partial charge on any atom is 0.223 e. The molecule has 0 aromatic heterocycles. The molecule has 2 nitrogen and oxygen atoms in total. The number of nitrogens with zero attached hydrogens (tertiary/aromatic N) is 1. The number of halogens is 1. The van der Waals surface area contributed by atoms with Crippen molar-refractivity contribution in [1.82, 2.24) is 4.90 Å². The average Bonchev–Trinajstić information content (AvgIpc) is 2.39. The second-order valence-electron chi connectivity index (χ2n) is 5.32. The Labute approximate surface area is 107 Å². The van der Waals surface area contributed by atoms with Gasteiger partial charge in [0.2, 0.25) is 5.91 Å². The van der Waals surface area contributed by atoms with Gasteiger partial charge >= 0.3 is 0 Å². The summed E-state index contributed by atoms with van der Waals surface area (Å²) in [7, 11) is 0. The van der Waals surface area contributed by atoms with E-state index in [9.17, 15) is 9.18 Å². The Hall–Kier alpha value is -1.38. The molecule has 0 spiro atoms. The predicted molar refractivity (Wildman–Crippen MR) is 67.5 cm³/mol. The zero-order valence-electron chi connectivity index (χ0n) is 10.4. The molecule has 96 valence electrons. The van der Waals surface area contributed by atoms with Crippen LogP contribution in [0, 0.1) is 5.82 Å². The van der Waals surface area contributed by atoms with Gasteiger partial charge in [0.05, 0.1) is 6.04 Å². The summed E-state index contributed by atoms with van der Waals surface area (Å²) in [5.74, 6) is 0.0285. The van der Waals surface area contributed by atoms with Crippen molar-refractivity contribution >= 4 is 5.91 Å².